The van der Waals surface area contributed by atoms with Crippen LogP contribution in [0.15, 0.2) is 47.5 Å². The summed E-state index contributed by atoms with van der Waals surface area (Å²) in [6.07, 6.45) is 1.79. The van der Waals surface area contributed by atoms with Gasteiger partial charge in [-0.3, -0.25) is 4.99 Å². The van der Waals surface area contributed by atoms with E-state index in [1.165, 1.54) is 12.7 Å². The molecular weight excluding hydrogens is 250 g/mol. The third kappa shape index (κ3) is 3.32. The Bertz CT molecular complexity index is 643. The lowest BCUT2D eigenvalue weighted by atomic mass is 10.1. The van der Waals surface area contributed by atoms with Crippen LogP contribution < -0.4 is 0 Å². The fourth-order valence-electron chi connectivity index (χ4n) is 1.92. The summed E-state index contributed by atoms with van der Waals surface area (Å²) in [7, 11) is 1.37. The molecule has 20 heavy (non-hydrogen) atoms. The summed E-state index contributed by atoms with van der Waals surface area (Å²) < 4.78 is 4.66. The Labute approximate surface area is 118 Å². The highest BCUT2D eigenvalue weighted by Gasteiger charge is 2.03. The fourth-order valence-corrected chi connectivity index (χ4v) is 1.92. The maximum Gasteiger partial charge on any atom is 0.337 e. The molecule has 3 nitrogen and oxygen atoms in total. The summed E-state index contributed by atoms with van der Waals surface area (Å²) in [6, 6.07) is 13.3. The van der Waals surface area contributed by atoms with Crippen LogP contribution in [0.1, 0.15) is 27.0 Å². The summed E-state index contributed by atoms with van der Waals surface area (Å²) in [5.41, 5.74) is 4.80. The van der Waals surface area contributed by atoms with Crippen LogP contribution in [-0.2, 0) is 4.74 Å². The quantitative estimate of drug-likeness (QED) is 0.626. The third-order valence-corrected chi connectivity index (χ3v) is 3.04. The van der Waals surface area contributed by atoms with E-state index in [1.807, 2.05) is 31.2 Å². The first-order chi connectivity index (χ1) is 9.60. The van der Waals surface area contributed by atoms with Crippen molar-refractivity contribution in [2.24, 2.45) is 4.99 Å². The van der Waals surface area contributed by atoms with Gasteiger partial charge in [-0.05, 0) is 43.2 Å². The first kappa shape index (κ1) is 14.0. The van der Waals surface area contributed by atoms with E-state index >= 15 is 0 Å². The minimum atomic E-state index is -0.331. The second-order valence-electron chi connectivity index (χ2n) is 4.66. The van der Waals surface area contributed by atoms with Gasteiger partial charge in [-0.1, -0.05) is 29.8 Å². The van der Waals surface area contributed by atoms with E-state index in [0.717, 1.165) is 16.8 Å². The maximum absolute atomic E-state index is 11.3. The summed E-state index contributed by atoms with van der Waals surface area (Å²) in [6.45, 7) is 4.10. The number of nitrogens with zero attached hydrogens (tertiary/aromatic N) is 1. The van der Waals surface area contributed by atoms with Crippen molar-refractivity contribution in [3.05, 3.63) is 64.7 Å². The van der Waals surface area contributed by atoms with Crippen LogP contribution in [0.2, 0.25) is 0 Å². The Hall–Kier alpha value is -2.42. The molecule has 0 aromatic heterocycles. The Morgan fingerprint density at radius 3 is 2.40 bits per heavy atom. The standard InChI is InChI=1S/C17H17NO2/c1-12-4-9-16(13(2)10-12)18-11-14-5-7-15(8-6-14)17(19)20-3/h4-11H,1-3H3/b18-11+. The van der Waals surface area contributed by atoms with Crippen LogP contribution in [0.25, 0.3) is 0 Å². The van der Waals surface area contributed by atoms with E-state index in [4.69, 9.17) is 0 Å². The number of carbonyl (C=O) groups is 1. The number of esters is 1. The molecule has 0 saturated carbocycles. The minimum absolute atomic E-state index is 0.331. The molecular formula is C17H17NO2. The van der Waals surface area contributed by atoms with Gasteiger partial charge in [-0.2, -0.15) is 0 Å². The predicted molar refractivity (Wildman–Crippen MR) is 81.0 cm³/mol. The van der Waals surface area contributed by atoms with E-state index in [9.17, 15) is 4.79 Å². The molecule has 2 aromatic rings. The van der Waals surface area contributed by atoms with Gasteiger partial charge in [-0.15, -0.1) is 0 Å². The number of hydrogen-bond donors (Lipinski definition) is 0. The number of ether oxygens (including phenoxy) is 1. The van der Waals surface area contributed by atoms with Crippen molar-refractivity contribution in [2.75, 3.05) is 7.11 Å². The average molecular weight is 267 g/mol. The van der Waals surface area contributed by atoms with Crippen molar-refractivity contribution < 1.29 is 9.53 Å². The number of methoxy groups -OCH3 is 1. The number of benzene rings is 2. The van der Waals surface area contributed by atoms with Crippen molar-refractivity contribution in [3.63, 3.8) is 0 Å². The van der Waals surface area contributed by atoms with Crippen molar-refractivity contribution in [3.8, 4) is 0 Å². The minimum Gasteiger partial charge on any atom is -0.465 e. The second kappa shape index (κ2) is 6.15. The third-order valence-electron chi connectivity index (χ3n) is 3.04. The number of aryl methyl sites for hydroxylation is 2. The van der Waals surface area contributed by atoms with Gasteiger partial charge in [-0.25, -0.2) is 4.79 Å². The molecule has 0 radical (unpaired) electrons. The van der Waals surface area contributed by atoms with Crippen LogP contribution in [0.3, 0.4) is 0 Å². The molecule has 0 spiro atoms. The summed E-state index contributed by atoms with van der Waals surface area (Å²) in [5.74, 6) is -0.331. The van der Waals surface area contributed by atoms with E-state index in [-0.39, 0.29) is 5.97 Å². The van der Waals surface area contributed by atoms with Crippen LogP contribution in [0.4, 0.5) is 5.69 Å². The van der Waals surface area contributed by atoms with Crippen LogP contribution in [0.5, 0.6) is 0 Å². The average Bonchev–Trinajstić information content (AvgIpc) is 2.46. The summed E-state index contributed by atoms with van der Waals surface area (Å²) >= 11 is 0. The van der Waals surface area contributed by atoms with E-state index in [0.29, 0.717) is 5.56 Å². The Morgan fingerprint density at radius 2 is 1.80 bits per heavy atom. The van der Waals surface area contributed by atoms with Crippen molar-refractivity contribution in [1.82, 2.24) is 0 Å². The largest absolute Gasteiger partial charge is 0.465 e. The van der Waals surface area contributed by atoms with Gasteiger partial charge in [0.25, 0.3) is 0 Å². The van der Waals surface area contributed by atoms with Gasteiger partial charge in [0.2, 0.25) is 0 Å². The molecule has 0 unspecified atom stereocenters. The second-order valence-corrected chi connectivity index (χ2v) is 4.66. The molecule has 0 amide bonds. The SMILES string of the molecule is COC(=O)c1ccc(/C=N/c2ccc(C)cc2C)cc1. The molecule has 0 aliphatic heterocycles. The molecule has 2 aromatic carbocycles. The van der Waals surface area contributed by atoms with Crippen LogP contribution in [0, 0.1) is 13.8 Å². The van der Waals surface area contributed by atoms with E-state index in [1.54, 1.807) is 18.3 Å². The number of rotatable bonds is 3. The zero-order valence-corrected chi connectivity index (χ0v) is 11.9. The van der Waals surface area contributed by atoms with Gasteiger partial charge >= 0.3 is 5.97 Å². The molecule has 0 fully saturated rings. The highest BCUT2D eigenvalue weighted by Crippen LogP contribution is 2.19. The number of carbonyl (C=O) groups excluding carboxylic acids is 1. The van der Waals surface area contributed by atoms with Crippen LogP contribution >= 0.6 is 0 Å². The summed E-state index contributed by atoms with van der Waals surface area (Å²) in [4.78, 5) is 15.8. The Kier molecular flexibility index (Phi) is 4.31. The van der Waals surface area contributed by atoms with Crippen molar-refractivity contribution in [1.29, 1.82) is 0 Å². The number of hydrogen-bond acceptors (Lipinski definition) is 3. The molecule has 0 aliphatic carbocycles. The topological polar surface area (TPSA) is 38.7 Å². The van der Waals surface area contributed by atoms with Gasteiger partial charge in [0, 0.05) is 6.21 Å². The molecule has 0 N–H and O–H groups in total. The van der Waals surface area contributed by atoms with Gasteiger partial charge < -0.3 is 4.74 Å². The lowest BCUT2D eigenvalue weighted by Crippen LogP contribution is -2.00. The smallest absolute Gasteiger partial charge is 0.337 e. The first-order valence-electron chi connectivity index (χ1n) is 6.40. The molecule has 2 rings (SSSR count). The lowest BCUT2D eigenvalue weighted by Gasteiger charge is -2.02. The first-order valence-corrected chi connectivity index (χ1v) is 6.40. The Balaban J connectivity index is 2.17. The molecule has 3 heteroatoms. The zero-order chi connectivity index (χ0) is 14.5. The fraction of sp³-hybridized carbons (Fsp3) is 0.176. The van der Waals surface area contributed by atoms with E-state index in [2.05, 4.69) is 22.7 Å². The predicted octanol–water partition coefficient (Wildman–Crippen LogP) is 3.84. The molecule has 0 bridgehead atoms. The lowest BCUT2D eigenvalue weighted by molar-refractivity contribution is 0.0601. The monoisotopic (exact) mass is 267 g/mol. The molecule has 0 saturated heterocycles. The maximum atomic E-state index is 11.3. The van der Waals surface area contributed by atoms with Crippen molar-refractivity contribution >= 4 is 17.9 Å². The molecule has 0 aliphatic rings. The number of aliphatic imine (C=N–C) groups is 1. The molecule has 0 atom stereocenters. The highest BCUT2D eigenvalue weighted by molar-refractivity contribution is 5.91. The highest BCUT2D eigenvalue weighted by atomic mass is 16.5. The Morgan fingerprint density at radius 1 is 1.10 bits per heavy atom. The summed E-state index contributed by atoms with van der Waals surface area (Å²) in [5, 5.41) is 0. The van der Waals surface area contributed by atoms with Crippen LogP contribution in [-0.4, -0.2) is 19.3 Å². The molecule has 0 heterocycles. The van der Waals surface area contributed by atoms with Crippen molar-refractivity contribution in [2.45, 2.75) is 13.8 Å². The normalized spacial score (nSPS) is 10.8. The zero-order valence-electron chi connectivity index (χ0n) is 11.9. The van der Waals surface area contributed by atoms with Gasteiger partial charge in [0.1, 0.15) is 0 Å². The van der Waals surface area contributed by atoms with E-state index < -0.39 is 0 Å². The molecule has 102 valence electrons. The van der Waals surface area contributed by atoms with Gasteiger partial charge in [0.15, 0.2) is 0 Å². The van der Waals surface area contributed by atoms with Gasteiger partial charge in [0.05, 0.1) is 18.4 Å².